The molecule has 0 aromatic carbocycles. The van der Waals surface area contributed by atoms with Crippen LogP contribution >= 0.6 is 0 Å². The van der Waals surface area contributed by atoms with Crippen molar-refractivity contribution in [3.05, 3.63) is 0 Å². The van der Waals surface area contributed by atoms with Crippen LogP contribution in [-0.4, -0.2) is 50.2 Å². The van der Waals surface area contributed by atoms with Crippen molar-refractivity contribution in [2.45, 2.75) is 213 Å². The first kappa shape index (κ1) is 43.9. The highest BCUT2D eigenvalue weighted by Crippen LogP contribution is 2.23. The van der Waals surface area contributed by atoms with Crippen molar-refractivity contribution in [3.63, 3.8) is 0 Å². The zero-order valence-corrected chi connectivity index (χ0v) is 31.2. The third-order valence-corrected chi connectivity index (χ3v) is 9.23. The van der Waals surface area contributed by atoms with Gasteiger partial charge in [0.05, 0.1) is 0 Å². The van der Waals surface area contributed by atoms with Gasteiger partial charge in [-0.15, -0.1) is 0 Å². The van der Waals surface area contributed by atoms with E-state index in [0.29, 0.717) is 18.8 Å². The molecular weight excluding hydrogens is 558 g/mol. The molecule has 5 nitrogen and oxygen atoms in total. The number of ether oxygens (including phenoxy) is 2. The summed E-state index contributed by atoms with van der Waals surface area (Å²) in [4.78, 5) is 27.8. The molecule has 0 amide bonds. The van der Waals surface area contributed by atoms with Crippen LogP contribution in [0.25, 0.3) is 0 Å². The molecule has 0 radical (unpaired) electrons. The largest absolute Gasteiger partial charge is 0.462 e. The molecule has 0 fully saturated rings. The monoisotopic (exact) mass is 638 g/mol. The van der Waals surface area contributed by atoms with Crippen LogP contribution in [0.5, 0.6) is 0 Å². The molecule has 0 saturated heterocycles. The van der Waals surface area contributed by atoms with Gasteiger partial charge in [-0.3, -0.25) is 9.59 Å². The van der Waals surface area contributed by atoms with Gasteiger partial charge in [0.1, 0.15) is 12.7 Å². The fourth-order valence-corrected chi connectivity index (χ4v) is 6.23. The van der Waals surface area contributed by atoms with Crippen molar-refractivity contribution in [2.75, 3.05) is 27.2 Å². The van der Waals surface area contributed by atoms with Crippen LogP contribution in [0.3, 0.4) is 0 Å². The maximum absolute atomic E-state index is 13.0. The molecule has 268 valence electrons. The minimum Gasteiger partial charge on any atom is -0.462 e. The van der Waals surface area contributed by atoms with Crippen LogP contribution in [-0.2, 0) is 19.1 Å². The third-order valence-electron chi connectivity index (χ3n) is 9.23. The molecule has 1 unspecified atom stereocenters. The fraction of sp³-hybridized carbons (Fsp3) is 0.950. The summed E-state index contributed by atoms with van der Waals surface area (Å²) in [5, 5.41) is 0. The van der Waals surface area contributed by atoms with Gasteiger partial charge in [-0.2, -0.15) is 0 Å². The zero-order valence-electron chi connectivity index (χ0n) is 31.2. The van der Waals surface area contributed by atoms with Crippen LogP contribution < -0.4 is 0 Å². The Morgan fingerprint density at radius 2 is 0.933 bits per heavy atom. The molecule has 0 aliphatic rings. The molecular formula is C40H79NO4. The van der Waals surface area contributed by atoms with Crippen molar-refractivity contribution in [3.8, 4) is 0 Å². The highest BCUT2D eigenvalue weighted by atomic mass is 16.6. The smallest absolute Gasteiger partial charge is 0.306 e. The molecule has 0 N–H and O–H groups in total. The highest BCUT2D eigenvalue weighted by molar-refractivity contribution is 5.70. The first-order chi connectivity index (χ1) is 21.9. The average molecular weight is 638 g/mol. The summed E-state index contributed by atoms with van der Waals surface area (Å²) in [5.41, 5.74) is 0. The second kappa shape index (κ2) is 34.2. The van der Waals surface area contributed by atoms with Crippen LogP contribution in [0.1, 0.15) is 207 Å². The van der Waals surface area contributed by atoms with Crippen molar-refractivity contribution < 1.29 is 19.1 Å². The number of carbonyl (C=O) groups is 2. The van der Waals surface area contributed by atoms with Gasteiger partial charge < -0.3 is 14.4 Å². The van der Waals surface area contributed by atoms with Gasteiger partial charge in [-0.25, -0.2) is 0 Å². The Labute approximate surface area is 281 Å². The Balaban J connectivity index is 4.66. The second-order valence-corrected chi connectivity index (χ2v) is 14.2. The van der Waals surface area contributed by atoms with E-state index in [9.17, 15) is 9.59 Å². The molecule has 0 rings (SSSR count). The number of esters is 2. The van der Waals surface area contributed by atoms with Gasteiger partial charge in [0.15, 0.2) is 0 Å². The second-order valence-electron chi connectivity index (χ2n) is 14.2. The van der Waals surface area contributed by atoms with Crippen molar-refractivity contribution in [2.24, 2.45) is 5.92 Å². The molecule has 0 saturated carbocycles. The van der Waals surface area contributed by atoms with Crippen molar-refractivity contribution in [1.82, 2.24) is 4.90 Å². The van der Waals surface area contributed by atoms with E-state index < -0.39 is 0 Å². The minimum atomic E-state index is -0.319. The lowest BCUT2D eigenvalue weighted by Gasteiger charge is -2.20. The number of carbonyl (C=O) groups excluding carboxylic acids is 2. The summed E-state index contributed by atoms with van der Waals surface area (Å²) >= 11 is 0. The Morgan fingerprint density at radius 1 is 0.511 bits per heavy atom. The van der Waals surface area contributed by atoms with Crippen LogP contribution in [0, 0.1) is 5.92 Å². The fourth-order valence-electron chi connectivity index (χ4n) is 6.23. The number of unbranched alkanes of at least 4 members (excludes halogenated alkanes) is 20. The van der Waals surface area contributed by atoms with Gasteiger partial charge >= 0.3 is 11.9 Å². The van der Waals surface area contributed by atoms with Crippen molar-refractivity contribution >= 4 is 11.9 Å². The summed E-state index contributed by atoms with van der Waals surface area (Å²) in [6.07, 6.45) is 33.8. The van der Waals surface area contributed by atoms with Gasteiger partial charge in [0.2, 0.25) is 0 Å². The summed E-state index contributed by atoms with van der Waals surface area (Å²) in [7, 11) is 4.11. The average Bonchev–Trinajstić information content (AvgIpc) is 3.01. The third kappa shape index (κ3) is 32.6. The topological polar surface area (TPSA) is 55.8 Å². The Kier molecular flexibility index (Phi) is 33.4. The quantitative estimate of drug-likeness (QED) is 0.0511. The number of rotatable bonds is 35. The molecule has 0 aromatic rings. The normalized spacial score (nSPS) is 12.2. The standard InChI is InChI=1S/C40H79NO4/c1-6-9-12-15-16-17-18-19-20-21-24-27-32-38(45-39(42)33-28-29-34-41(4)5)36-44-40(43)35-37(30-25-22-13-10-7-2)31-26-23-14-11-8-3/h37-38H,6-36H2,1-5H3. The molecule has 0 aliphatic heterocycles. The molecule has 0 spiro atoms. The Hall–Kier alpha value is -1.10. The summed E-state index contributed by atoms with van der Waals surface area (Å²) in [6.45, 7) is 7.97. The first-order valence-corrected chi connectivity index (χ1v) is 19.9. The molecule has 5 heteroatoms. The molecule has 0 aromatic heterocycles. The van der Waals surface area contributed by atoms with E-state index in [-0.39, 0.29) is 24.6 Å². The minimum absolute atomic E-state index is 0.108. The van der Waals surface area contributed by atoms with Crippen LogP contribution in [0.2, 0.25) is 0 Å². The Bertz CT molecular complexity index is 624. The van der Waals surface area contributed by atoms with E-state index in [0.717, 1.165) is 51.5 Å². The van der Waals surface area contributed by atoms with Gasteiger partial charge in [0.25, 0.3) is 0 Å². The Morgan fingerprint density at radius 3 is 1.38 bits per heavy atom. The lowest BCUT2D eigenvalue weighted by Crippen LogP contribution is -2.26. The molecule has 45 heavy (non-hydrogen) atoms. The zero-order chi connectivity index (χ0) is 33.2. The maximum atomic E-state index is 13.0. The molecule has 0 aliphatic carbocycles. The lowest BCUT2D eigenvalue weighted by atomic mass is 9.91. The predicted molar refractivity (Wildman–Crippen MR) is 194 cm³/mol. The van der Waals surface area contributed by atoms with Gasteiger partial charge in [-0.1, -0.05) is 156 Å². The van der Waals surface area contributed by atoms with Crippen LogP contribution in [0.15, 0.2) is 0 Å². The SMILES string of the molecule is CCCCCCCCCCCCCCC(COC(=O)CC(CCCCCCC)CCCCCCC)OC(=O)CCCCN(C)C. The maximum Gasteiger partial charge on any atom is 0.306 e. The number of nitrogens with zero attached hydrogens (tertiary/aromatic N) is 1. The van der Waals surface area contributed by atoms with Gasteiger partial charge in [-0.05, 0) is 65.1 Å². The summed E-state index contributed by atoms with van der Waals surface area (Å²) < 4.78 is 11.7. The summed E-state index contributed by atoms with van der Waals surface area (Å²) in [5.74, 6) is 0.157. The first-order valence-electron chi connectivity index (χ1n) is 19.9. The van der Waals surface area contributed by atoms with Crippen molar-refractivity contribution in [1.29, 1.82) is 0 Å². The number of hydrogen-bond acceptors (Lipinski definition) is 5. The van der Waals surface area contributed by atoms with E-state index in [1.54, 1.807) is 0 Å². The lowest BCUT2D eigenvalue weighted by molar-refractivity contribution is -0.160. The van der Waals surface area contributed by atoms with Gasteiger partial charge in [0, 0.05) is 12.8 Å². The summed E-state index contributed by atoms with van der Waals surface area (Å²) in [6, 6.07) is 0. The van der Waals surface area contributed by atoms with E-state index >= 15 is 0 Å². The van der Waals surface area contributed by atoms with E-state index in [2.05, 4.69) is 39.8 Å². The molecule has 1 atom stereocenters. The number of hydrogen-bond donors (Lipinski definition) is 0. The van der Waals surface area contributed by atoms with E-state index in [1.807, 2.05) is 0 Å². The highest BCUT2D eigenvalue weighted by Gasteiger charge is 2.19. The van der Waals surface area contributed by atoms with E-state index in [1.165, 1.54) is 128 Å². The molecule has 0 bridgehead atoms. The predicted octanol–water partition coefficient (Wildman–Crippen LogP) is 12.0. The van der Waals surface area contributed by atoms with Crippen LogP contribution in [0.4, 0.5) is 0 Å². The molecule has 0 heterocycles. The van der Waals surface area contributed by atoms with E-state index in [4.69, 9.17) is 9.47 Å².